The fourth-order valence-electron chi connectivity index (χ4n) is 12.2. The molecule has 2 amide bonds. The Morgan fingerprint density at radius 2 is 1.89 bits per heavy atom. The van der Waals surface area contributed by atoms with Crippen LogP contribution >= 0.6 is 22.6 Å². The first kappa shape index (κ1) is 40.7. The highest BCUT2D eigenvalue weighted by Gasteiger charge is 2.61. The molecule has 0 aromatic heterocycles. The zero-order valence-electron chi connectivity index (χ0n) is 33.5. The van der Waals surface area contributed by atoms with E-state index in [0.717, 1.165) is 79.5 Å². The second-order valence-corrected chi connectivity index (χ2v) is 19.4. The Labute approximate surface area is 341 Å². The summed E-state index contributed by atoms with van der Waals surface area (Å²) in [4.78, 5) is 30.9. The van der Waals surface area contributed by atoms with Gasteiger partial charge in [0.25, 0.3) is 0 Å². The maximum atomic E-state index is 12.8. The quantitative estimate of drug-likeness (QED) is 0.0525. The number of carbonyl (C=O) groups excluding carboxylic acids is 2. The number of hydrogen-bond acceptors (Lipinski definition) is 7. The number of unbranched alkanes of at least 4 members (excludes halogenated alkanes) is 2. The van der Waals surface area contributed by atoms with Crippen LogP contribution < -0.4 is 15.5 Å². The summed E-state index contributed by atoms with van der Waals surface area (Å²) in [6, 6.07) is 6.11. The number of piperidine rings is 1. The summed E-state index contributed by atoms with van der Waals surface area (Å²) >= 11 is 2.17. The number of aryl methyl sites for hydroxylation is 1. The zero-order valence-corrected chi connectivity index (χ0v) is 35.7. The average molecular weight is 868 g/mol. The molecule has 2 saturated carbocycles. The largest absolute Gasteiger partial charge is 0.393 e. The summed E-state index contributed by atoms with van der Waals surface area (Å²) in [5, 5.41) is 20.5. The lowest BCUT2D eigenvalue weighted by atomic mass is 9.56. The summed E-state index contributed by atoms with van der Waals surface area (Å²) in [6.07, 6.45) is 15.5. The molecule has 10 nitrogen and oxygen atoms in total. The van der Waals surface area contributed by atoms with Crippen LogP contribution in [-0.2, 0) is 20.7 Å². The molecule has 0 bridgehead atoms. The predicted octanol–water partition coefficient (Wildman–Crippen LogP) is 7.93. The molecule has 55 heavy (non-hydrogen) atoms. The number of halogens is 1. The number of allylic oxidation sites excluding steroid dienone is 2. The maximum Gasteiger partial charge on any atom is 0.220 e. The molecule has 1 aromatic rings. The van der Waals surface area contributed by atoms with Crippen molar-refractivity contribution in [3.05, 3.63) is 50.1 Å². The Hall–Kier alpha value is -2.44. The fourth-order valence-corrected chi connectivity index (χ4v) is 12.8. The van der Waals surface area contributed by atoms with Gasteiger partial charge in [0.1, 0.15) is 5.53 Å². The summed E-state index contributed by atoms with van der Waals surface area (Å²) in [5.41, 5.74) is 13.5. The van der Waals surface area contributed by atoms with Crippen LogP contribution in [0, 0.1) is 44.1 Å². The van der Waals surface area contributed by atoms with Gasteiger partial charge >= 0.3 is 0 Å². The fraction of sp³-hybridized carbons (Fsp3) is 0.727. The van der Waals surface area contributed by atoms with Crippen molar-refractivity contribution in [1.82, 2.24) is 20.4 Å². The van der Waals surface area contributed by atoms with Crippen LogP contribution in [0.3, 0.4) is 0 Å². The third-order valence-electron chi connectivity index (χ3n) is 15.0. The number of fused-ring (bicyclic) bond motifs is 6. The van der Waals surface area contributed by atoms with Crippen LogP contribution in [0.2, 0.25) is 0 Å². The van der Waals surface area contributed by atoms with Crippen molar-refractivity contribution in [3.63, 3.8) is 0 Å². The van der Waals surface area contributed by atoms with Gasteiger partial charge in [0, 0.05) is 54.6 Å². The van der Waals surface area contributed by atoms with Crippen molar-refractivity contribution >= 4 is 40.1 Å². The van der Waals surface area contributed by atoms with Crippen LogP contribution in [0.4, 0.5) is 5.69 Å². The lowest BCUT2D eigenvalue weighted by molar-refractivity contribution is -0.122. The molecule has 1 spiro atoms. The first-order valence-electron chi connectivity index (χ1n) is 21.3. The summed E-state index contributed by atoms with van der Waals surface area (Å²) < 4.78 is 8.25. The highest BCUT2D eigenvalue weighted by atomic mass is 127. The smallest absolute Gasteiger partial charge is 0.220 e. The van der Waals surface area contributed by atoms with E-state index in [0.29, 0.717) is 67.8 Å². The van der Waals surface area contributed by atoms with E-state index < -0.39 is 0 Å². The lowest BCUT2D eigenvalue weighted by Gasteiger charge is -2.49. The van der Waals surface area contributed by atoms with E-state index in [-0.39, 0.29) is 35.0 Å². The standard InChI is InChI=1S/C44H63IN6O4/c1-27-22-39-42(29(3)44(55-39)18-16-33-34-12-11-31-24-32(52)15-17-43(31,4)36(34)25-35(33)28(44)2)51(26-27)21-20-48-40(53)8-6-5-7-19-47-41(54)14-10-30-9-13-38(49-50-46)37(45)23-30/h9,11,13,23,27,29,32-34,36,39,42,46,52H,5-8,10,12,14-22,24-26H2,1-4H3,(H-,47,48,53,54)/p+1/t27-,29+,32-,33-,34-,36-,39+,42-,43-,44?/m0/s1. The normalized spacial score (nSPS) is 35.3. The van der Waals surface area contributed by atoms with Gasteiger partial charge in [-0.05, 0) is 152 Å². The lowest BCUT2D eigenvalue weighted by Crippen LogP contribution is -2.54. The van der Waals surface area contributed by atoms with Gasteiger partial charge < -0.3 is 20.5 Å². The topological polar surface area (TPSA) is 141 Å². The van der Waals surface area contributed by atoms with Crippen LogP contribution in [0.25, 0.3) is 0 Å². The van der Waals surface area contributed by atoms with Crippen molar-refractivity contribution in [3.8, 4) is 0 Å². The zero-order chi connectivity index (χ0) is 38.9. The Bertz CT molecular complexity index is 1720. The molecule has 1 aromatic carbocycles. The van der Waals surface area contributed by atoms with E-state index in [9.17, 15) is 14.7 Å². The SMILES string of the molecule is CC1=C2C[C@H]3[C@@H](CC=C4C[C@@H](O)CC[C@@]43C)[C@@H]2CCC12O[C@@H]1C[C@H](C)CN(CCNC(=O)CCCCCNC(=O)CCc3ccc(N=[N+]=N)c(I)c3)[C@H]1[C@H]2C. The van der Waals surface area contributed by atoms with Gasteiger partial charge in [-0.2, -0.15) is 0 Å². The molecule has 2 heterocycles. The first-order chi connectivity index (χ1) is 26.4. The number of rotatable bonds is 13. The number of benzene rings is 1. The minimum Gasteiger partial charge on any atom is -0.393 e. The molecule has 7 rings (SSSR count). The molecule has 10 atom stereocenters. The number of ether oxygens (including phenoxy) is 1. The minimum atomic E-state index is -0.179. The van der Waals surface area contributed by atoms with Gasteiger partial charge in [-0.25, -0.2) is 0 Å². The molecule has 2 aliphatic heterocycles. The molecule has 4 aliphatic carbocycles. The highest BCUT2D eigenvalue weighted by molar-refractivity contribution is 14.1. The van der Waals surface area contributed by atoms with Gasteiger partial charge in [-0.15, -0.1) is 0 Å². The number of likely N-dealkylation sites (tertiary alicyclic amines) is 1. The van der Waals surface area contributed by atoms with Crippen LogP contribution in [0.15, 0.2) is 46.1 Å². The van der Waals surface area contributed by atoms with E-state index in [2.05, 4.69) is 81.9 Å². The van der Waals surface area contributed by atoms with Gasteiger partial charge in [0.05, 0.1) is 17.8 Å². The highest BCUT2D eigenvalue weighted by Crippen LogP contribution is 2.65. The summed E-state index contributed by atoms with van der Waals surface area (Å²) in [7, 11) is 0. The van der Waals surface area contributed by atoms with Gasteiger partial charge in [-0.3, -0.25) is 14.5 Å². The summed E-state index contributed by atoms with van der Waals surface area (Å²) in [5.74, 6) is 3.22. The molecule has 4 N–H and O–H groups in total. The van der Waals surface area contributed by atoms with Crippen molar-refractivity contribution in [2.45, 2.75) is 141 Å². The second kappa shape index (κ2) is 17.2. The van der Waals surface area contributed by atoms with E-state index in [1.165, 1.54) is 24.8 Å². The first-order valence-corrected chi connectivity index (χ1v) is 22.4. The van der Waals surface area contributed by atoms with Crippen LogP contribution in [0.5, 0.6) is 0 Å². The summed E-state index contributed by atoms with van der Waals surface area (Å²) in [6.45, 7) is 12.9. The third-order valence-corrected chi connectivity index (χ3v) is 15.9. The van der Waals surface area contributed by atoms with Crippen molar-refractivity contribution in [2.75, 3.05) is 26.2 Å². The van der Waals surface area contributed by atoms with Gasteiger partial charge in [0.2, 0.25) is 16.7 Å². The molecular formula is C44H64IN6O4+. The Balaban J connectivity index is 0.848. The predicted molar refractivity (Wildman–Crippen MR) is 223 cm³/mol. The van der Waals surface area contributed by atoms with E-state index in [1.54, 1.807) is 11.1 Å². The van der Waals surface area contributed by atoms with Crippen LogP contribution in [-0.4, -0.2) is 71.9 Å². The van der Waals surface area contributed by atoms with Crippen LogP contribution in [0.1, 0.15) is 117 Å². The molecule has 0 radical (unpaired) electrons. The third kappa shape index (κ3) is 8.30. The number of amides is 2. The maximum absolute atomic E-state index is 12.8. The Morgan fingerprint density at radius 1 is 1.09 bits per heavy atom. The molecule has 6 aliphatic rings. The average Bonchev–Trinajstić information content (AvgIpc) is 3.68. The monoisotopic (exact) mass is 867 g/mol. The number of nitrogens with zero attached hydrogens (tertiary/aromatic N) is 3. The van der Waals surface area contributed by atoms with Crippen molar-refractivity contribution in [1.29, 1.82) is 5.53 Å². The molecule has 2 saturated heterocycles. The number of carbonyl (C=O) groups is 2. The number of nitrogens with one attached hydrogen (secondary N) is 3. The molecule has 300 valence electrons. The van der Waals surface area contributed by atoms with Crippen molar-refractivity contribution in [2.24, 2.45) is 40.1 Å². The number of hydrogen-bond donors (Lipinski definition) is 4. The van der Waals surface area contributed by atoms with Crippen molar-refractivity contribution < 1.29 is 19.4 Å². The molecule has 11 heteroatoms. The Morgan fingerprint density at radius 3 is 2.69 bits per heavy atom. The molecule has 4 fully saturated rings. The van der Waals surface area contributed by atoms with E-state index in [4.69, 9.17) is 10.3 Å². The second-order valence-electron chi connectivity index (χ2n) is 18.2. The van der Waals surface area contributed by atoms with E-state index >= 15 is 0 Å². The number of aliphatic hydroxyl groups is 1. The Kier molecular flexibility index (Phi) is 12.7. The number of aliphatic hydroxyl groups excluding tert-OH is 1. The molecule has 1 unspecified atom stereocenters. The minimum absolute atomic E-state index is 0.0347. The molecular weight excluding hydrogens is 803 g/mol. The van der Waals surface area contributed by atoms with Gasteiger partial charge in [0.15, 0.2) is 10.8 Å². The van der Waals surface area contributed by atoms with Gasteiger partial charge in [-0.1, -0.05) is 50.5 Å². The van der Waals surface area contributed by atoms with E-state index in [1.807, 2.05) is 18.2 Å².